The molecule has 1 aromatic heterocycles. The number of carbonyl (C=O) groups is 1. The van der Waals surface area contributed by atoms with E-state index in [2.05, 4.69) is 4.98 Å². The van der Waals surface area contributed by atoms with E-state index in [9.17, 15) is 9.90 Å². The third kappa shape index (κ3) is 3.71. The van der Waals surface area contributed by atoms with Crippen molar-refractivity contribution in [1.29, 1.82) is 0 Å². The number of benzene rings is 1. The van der Waals surface area contributed by atoms with E-state index in [-0.39, 0.29) is 6.03 Å². The third-order valence-corrected chi connectivity index (χ3v) is 5.13. The fourth-order valence-corrected chi connectivity index (χ4v) is 3.60. The Morgan fingerprint density at radius 3 is 2.70 bits per heavy atom. The molecule has 0 spiro atoms. The average molecular weight is 389 g/mol. The summed E-state index contributed by atoms with van der Waals surface area (Å²) >= 11 is 6.02. The molecule has 1 fully saturated rings. The lowest BCUT2D eigenvalue weighted by Crippen LogP contribution is -2.54. The second-order valence-electron chi connectivity index (χ2n) is 6.55. The molecule has 8 heteroatoms. The minimum atomic E-state index is -0.755. The van der Waals surface area contributed by atoms with Crippen LogP contribution in [0, 0.1) is 0 Å². The summed E-state index contributed by atoms with van der Waals surface area (Å²) < 4.78 is 5.62. The largest absolute Gasteiger partial charge is 0.489 e. The van der Waals surface area contributed by atoms with E-state index in [1.54, 1.807) is 29.3 Å². The van der Waals surface area contributed by atoms with Crippen LogP contribution < -0.4 is 9.64 Å². The van der Waals surface area contributed by atoms with Crippen molar-refractivity contribution >= 4 is 23.3 Å². The quantitative estimate of drug-likeness (QED) is 0.855. The first-order chi connectivity index (χ1) is 13.1. The lowest BCUT2D eigenvalue weighted by molar-refractivity contribution is -0.0233. The monoisotopic (exact) mass is 388 g/mol. The van der Waals surface area contributed by atoms with Crippen LogP contribution in [0.2, 0.25) is 5.02 Å². The summed E-state index contributed by atoms with van der Waals surface area (Å²) in [5.74, 6) is 0.631. The highest BCUT2D eigenvalue weighted by Crippen LogP contribution is 2.34. The number of aliphatic hydroxyl groups is 1. The van der Waals surface area contributed by atoms with E-state index in [0.717, 1.165) is 5.69 Å². The van der Waals surface area contributed by atoms with Gasteiger partial charge in [-0.05, 0) is 24.3 Å². The first kappa shape index (κ1) is 18.0. The molecule has 1 N–H and O–H groups in total. The van der Waals surface area contributed by atoms with Crippen molar-refractivity contribution < 1.29 is 14.6 Å². The molecule has 3 heterocycles. The van der Waals surface area contributed by atoms with Crippen molar-refractivity contribution in [3.63, 3.8) is 0 Å². The average Bonchev–Trinajstić information content (AvgIpc) is 2.73. The minimum Gasteiger partial charge on any atom is -0.489 e. The van der Waals surface area contributed by atoms with Gasteiger partial charge in [-0.25, -0.2) is 4.79 Å². The van der Waals surface area contributed by atoms with Gasteiger partial charge in [0, 0.05) is 43.5 Å². The number of pyridine rings is 1. The zero-order valence-electron chi connectivity index (χ0n) is 14.8. The van der Waals surface area contributed by atoms with E-state index < -0.39 is 6.23 Å². The van der Waals surface area contributed by atoms with Crippen LogP contribution in [0.4, 0.5) is 10.5 Å². The van der Waals surface area contributed by atoms with Crippen molar-refractivity contribution in [2.24, 2.45) is 0 Å². The molecule has 0 aliphatic carbocycles. The number of urea groups is 1. The summed E-state index contributed by atoms with van der Waals surface area (Å²) in [4.78, 5) is 22.7. The number of piperazine rings is 1. The number of hydrogen-bond donors (Lipinski definition) is 1. The second-order valence-corrected chi connectivity index (χ2v) is 6.98. The van der Waals surface area contributed by atoms with Gasteiger partial charge in [-0.1, -0.05) is 17.7 Å². The zero-order valence-corrected chi connectivity index (χ0v) is 15.5. The van der Waals surface area contributed by atoms with Gasteiger partial charge in [0.05, 0.1) is 17.9 Å². The van der Waals surface area contributed by atoms with E-state index >= 15 is 0 Å². The Kier molecular flexibility index (Phi) is 5.15. The fraction of sp³-hybridized carbons (Fsp3) is 0.368. The van der Waals surface area contributed by atoms with Crippen LogP contribution in [0.15, 0.2) is 42.6 Å². The predicted octanol–water partition coefficient (Wildman–Crippen LogP) is 2.36. The number of aromatic nitrogens is 1. The number of ether oxygens (including phenoxy) is 1. The van der Waals surface area contributed by atoms with Crippen molar-refractivity contribution in [2.75, 3.05) is 44.2 Å². The first-order valence-corrected chi connectivity index (χ1v) is 9.33. The van der Waals surface area contributed by atoms with Crippen molar-refractivity contribution in [1.82, 2.24) is 14.8 Å². The Morgan fingerprint density at radius 1 is 1.15 bits per heavy atom. The number of halogens is 1. The molecule has 0 radical (unpaired) electrons. The number of nitrogens with zero attached hydrogens (tertiary/aromatic N) is 4. The van der Waals surface area contributed by atoms with Crippen molar-refractivity contribution in [3.05, 3.63) is 53.3 Å². The van der Waals surface area contributed by atoms with Crippen LogP contribution in [0.5, 0.6) is 5.75 Å². The van der Waals surface area contributed by atoms with Gasteiger partial charge in [0.2, 0.25) is 0 Å². The van der Waals surface area contributed by atoms with Crippen molar-refractivity contribution in [2.45, 2.75) is 6.23 Å². The topological polar surface area (TPSA) is 69.1 Å². The number of fused-ring (bicyclic) bond motifs is 1. The molecule has 2 amide bonds. The van der Waals surface area contributed by atoms with E-state index in [1.165, 1.54) is 0 Å². The molecule has 27 heavy (non-hydrogen) atoms. The summed E-state index contributed by atoms with van der Waals surface area (Å²) in [7, 11) is 0. The number of amides is 2. The molecule has 7 nitrogen and oxygen atoms in total. The molecule has 2 aromatic rings. The van der Waals surface area contributed by atoms with Gasteiger partial charge >= 0.3 is 6.03 Å². The van der Waals surface area contributed by atoms with Crippen LogP contribution in [-0.4, -0.2) is 65.3 Å². The molecule has 1 atom stereocenters. The fourth-order valence-electron chi connectivity index (χ4n) is 3.44. The van der Waals surface area contributed by atoms with Gasteiger partial charge in [0.1, 0.15) is 12.4 Å². The van der Waals surface area contributed by atoms with Crippen LogP contribution in [0.3, 0.4) is 0 Å². The maximum absolute atomic E-state index is 13.0. The van der Waals surface area contributed by atoms with Gasteiger partial charge < -0.3 is 14.7 Å². The molecule has 1 unspecified atom stereocenters. The molecule has 4 rings (SSSR count). The number of carbonyl (C=O) groups excluding carboxylic acids is 1. The molecule has 2 aliphatic rings. The highest BCUT2D eigenvalue weighted by Gasteiger charge is 2.31. The van der Waals surface area contributed by atoms with Gasteiger partial charge in [-0.15, -0.1) is 0 Å². The van der Waals surface area contributed by atoms with Gasteiger partial charge in [0.15, 0.2) is 6.23 Å². The maximum Gasteiger partial charge on any atom is 0.324 e. The Hall–Kier alpha value is -2.35. The lowest BCUT2D eigenvalue weighted by Gasteiger charge is -2.40. The summed E-state index contributed by atoms with van der Waals surface area (Å²) in [5.41, 5.74) is 1.36. The Morgan fingerprint density at radius 2 is 1.96 bits per heavy atom. The highest BCUT2D eigenvalue weighted by molar-refractivity contribution is 6.30. The second kappa shape index (κ2) is 7.72. The Bertz CT molecular complexity index is 812. The summed E-state index contributed by atoms with van der Waals surface area (Å²) in [5, 5.41) is 11.1. The molecule has 2 aliphatic heterocycles. The summed E-state index contributed by atoms with van der Waals surface area (Å²) in [6, 6.07) is 10.7. The number of aliphatic hydroxyl groups excluding tert-OH is 1. The van der Waals surface area contributed by atoms with Crippen LogP contribution in [-0.2, 0) is 0 Å². The lowest BCUT2D eigenvalue weighted by atomic mass is 10.2. The molecule has 142 valence electrons. The highest BCUT2D eigenvalue weighted by atomic mass is 35.5. The minimum absolute atomic E-state index is 0.0474. The molecule has 0 bridgehead atoms. The molecule has 0 saturated carbocycles. The number of rotatable bonds is 2. The van der Waals surface area contributed by atoms with Crippen LogP contribution in [0.25, 0.3) is 0 Å². The van der Waals surface area contributed by atoms with E-state index in [4.69, 9.17) is 16.3 Å². The molecule has 1 saturated heterocycles. The zero-order chi connectivity index (χ0) is 18.8. The van der Waals surface area contributed by atoms with Crippen LogP contribution in [0.1, 0.15) is 11.9 Å². The van der Waals surface area contributed by atoms with Gasteiger partial charge in [0.25, 0.3) is 0 Å². The first-order valence-electron chi connectivity index (χ1n) is 8.95. The Labute approximate surface area is 162 Å². The Balaban J connectivity index is 1.41. The summed E-state index contributed by atoms with van der Waals surface area (Å²) in [6.45, 7) is 3.20. The van der Waals surface area contributed by atoms with Gasteiger partial charge in [-0.3, -0.25) is 14.8 Å². The number of hydrogen-bond acceptors (Lipinski definition) is 5. The number of anilines is 1. The SMILES string of the molecule is O=C(N1CCN(C(O)c2ccccn2)CC1)N1CCOc2cc(Cl)ccc21. The maximum atomic E-state index is 13.0. The third-order valence-electron chi connectivity index (χ3n) is 4.90. The molecular weight excluding hydrogens is 368 g/mol. The predicted molar refractivity (Wildman–Crippen MR) is 102 cm³/mol. The van der Waals surface area contributed by atoms with Crippen molar-refractivity contribution in [3.8, 4) is 5.75 Å². The van der Waals surface area contributed by atoms with E-state index in [0.29, 0.717) is 55.8 Å². The van der Waals surface area contributed by atoms with Gasteiger partial charge in [-0.2, -0.15) is 0 Å². The summed E-state index contributed by atoms with van der Waals surface area (Å²) in [6.07, 6.45) is 0.912. The molecular formula is C19H21ClN4O3. The smallest absolute Gasteiger partial charge is 0.324 e. The standard InChI is InChI=1S/C19H21ClN4O3/c20-14-4-5-16-17(13-14)27-12-11-24(16)19(26)23-9-7-22(8-10-23)18(25)15-3-1-2-6-21-15/h1-6,13,18,25H,7-12H2. The normalized spacial score (nSPS) is 18.6. The van der Waals surface area contributed by atoms with E-state index in [1.807, 2.05) is 28.0 Å². The van der Waals surface area contributed by atoms with Crippen LogP contribution >= 0.6 is 11.6 Å². The molecule has 1 aromatic carbocycles.